The molecule has 0 saturated carbocycles. The van der Waals surface area contributed by atoms with Crippen molar-refractivity contribution in [2.24, 2.45) is 0 Å². The van der Waals surface area contributed by atoms with Crippen molar-refractivity contribution in [3.05, 3.63) is 29.3 Å². The molecule has 68 valence electrons. The lowest BCUT2D eigenvalue weighted by Crippen LogP contribution is -2.06. The lowest BCUT2D eigenvalue weighted by molar-refractivity contribution is 0.315. The molecule has 2 nitrogen and oxygen atoms in total. The Morgan fingerprint density at radius 1 is 1.38 bits per heavy atom. The summed E-state index contributed by atoms with van der Waals surface area (Å²) in [6.07, 6.45) is 2.13. The van der Waals surface area contributed by atoms with E-state index in [4.69, 9.17) is 9.47 Å². The van der Waals surface area contributed by atoms with Gasteiger partial charge in [-0.3, -0.25) is 0 Å². The summed E-state index contributed by atoms with van der Waals surface area (Å²) in [4.78, 5) is 0. The van der Waals surface area contributed by atoms with Crippen molar-refractivity contribution in [2.45, 2.75) is 6.92 Å². The van der Waals surface area contributed by atoms with E-state index < -0.39 is 0 Å². The average molecular weight is 176 g/mol. The van der Waals surface area contributed by atoms with Crippen LogP contribution in [0.5, 0.6) is 11.5 Å². The number of hydrogen-bond acceptors (Lipinski definition) is 2. The molecule has 0 amide bonds. The van der Waals surface area contributed by atoms with Crippen LogP contribution >= 0.6 is 0 Å². The predicted molar refractivity (Wildman–Crippen MR) is 52.1 cm³/mol. The number of ether oxygens (including phenoxy) is 2. The second kappa shape index (κ2) is 3.13. The molecule has 1 aliphatic rings. The molecule has 0 bridgehead atoms. The minimum atomic E-state index is 0.660. The topological polar surface area (TPSA) is 18.5 Å². The number of para-hydroxylation sites is 1. The average Bonchev–Trinajstić information content (AvgIpc) is 2.16. The van der Waals surface area contributed by atoms with Crippen LogP contribution in [0.15, 0.2) is 23.8 Å². The van der Waals surface area contributed by atoms with Crippen LogP contribution in [-0.4, -0.2) is 13.7 Å². The zero-order valence-electron chi connectivity index (χ0n) is 7.83. The van der Waals surface area contributed by atoms with Gasteiger partial charge in [-0.25, -0.2) is 0 Å². The fourth-order valence-corrected chi connectivity index (χ4v) is 1.45. The van der Waals surface area contributed by atoms with Gasteiger partial charge in [0.15, 0.2) is 11.5 Å². The smallest absolute Gasteiger partial charge is 0.168 e. The number of benzene rings is 1. The lowest BCUT2D eigenvalue weighted by Gasteiger charge is -2.17. The molecule has 0 saturated heterocycles. The van der Waals surface area contributed by atoms with E-state index in [0.717, 1.165) is 17.1 Å². The zero-order chi connectivity index (χ0) is 9.26. The van der Waals surface area contributed by atoms with E-state index in [1.54, 1.807) is 7.11 Å². The van der Waals surface area contributed by atoms with Gasteiger partial charge in [0.1, 0.15) is 6.61 Å². The van der Waals surface area contributed by atoms with Crippen LogP contribution in [0.1, 0.15) is 12.5 Å². The van der Waals surface area contributed by atoms with E-state index in [1.807, 2.05) is 18.2 Å². The monoisotopic (exact) mass is 176 g/mol. The van der Waals surface area contributed by atoms with E-state index in [2.05, 4.69) is 13.0 Å². The third-order valence-electron chi connectivity index (χ3n) is 2.08. The van der Waals surface area contributed by atoms with Crippen LogP contribution in [0.3, 0.4) is 0 Å². The van der Waals surface area contributed by atoms with Crippen molar-refractivity contribution < 1.29 is 9.47 Å². The molecule has 1 heterocycles. The van der Waals surface area contributed by atoms with E-state index >= 15 is 0 Å². The second-order valence-corrected chi connectivity index (χ2v) is 3.16. The molecule has 0 aliphatic carbocycles. The number of hydrogen-bond donors (Lipinski definition) is 0. The van der Waals surface area contributed by atoms with Crippen molar-refractivity contribution in [1.29, 1.82) is 0 Å². The largest absolute Gasteiger partial charge is 0.493 e. The maximum atomic E-state index is 5.56. The summed E-state index contributed by atoms with van der Waals surface area (Å²) in [6, 6.07) is 5.91. The van der Waals surface area contributed by atoms with Crippen LogP contribution in [0.4, 0.5) is 0 Å². The first-order valence-corrected chi connectivity index (χ1v) is 4.28. The molecule has 0 N–H and O–H groups in total. The van der Waals surface area contributed by atoms with Gasteiger partial charge in [0.2, 0.25) is 0 Å². The van der Waals surface area contributed by atoms with Crippen molar-refractivity contribution in [3.63, 3.8) is 0 Å². The van der Waals surface area contributed by atoms with Gasteiger partial charge >= 0.3 is 0 Å². The SMILES string of the molecule is COc1cccc2c1OCC(C)=C2. The van der Waals surface area contributed by atoms with Crippen molar-refractivity contribution in [2.75, 3.05) is 13.7 Å². The van der Waals surface area contributed by atoms with Gasteiger partial charge in [-0.05, 0) is 24.6 Å². The summed E-state index contributed by atoms with van der Waals surface area (Å²) >= 11 is 0. The molecular weight excluding hydrogens is 164 g/mol. The van der Waals surface area contributed by atoms with E-state index in [9.17, 15) is 0 Å². The minimum Gasteiger partial charge on any atom is -0.493 e. The fraction of sp³-hybridized carbons (Fsp3) is 0.273. The Kier molecular flexibility index (Phi) is 1.97. The highest BCUT2D eigenvalue weighted by Crippen LogP contribution is 2.35. The Hall–Kier alpha value is -1.44. The standard InChI is InChI=1S/C11H12O2/c1-8-6-9-4-3-5-10(12-2)11(9)13-7-8/h3-6H,7H2,1-2H3. The molecule has 0 aromatic heterocycles. The molecule has 0 fully saturated rings. The second-order valence-electron chi connectivity index (χ2n) is 3.16. The van der Waals surface area contributed by atoms with Gasteiger partial charge in [-0.15, -0.1) is 0 Å². The lowest BCUT2D eigenvalue weighted by atomic mass is 10.1. The van der Waals surface area contributed by atoms with Crippen LogP contribution in [0.25, 0.3) is 6.08 Å². The molecule has 13 heavy (non-hydrogen) atoms. The quantitative estimate of drug-likeness (QED) is 0.654. The molecule has 2 rings (SSSR count). The molecule has 0 radical (unpaired) electrons. The fourth-order valence-electron chi connectivity index (χ4n) is 1.45. The van der Waals surface area contributed by atoms with Crippen molar-refractivity contribution in [1.82, 2.24) is 0 Å². The van der Waals surface area contributed by atoms with Crippen LogP contribution in [0.2, 0.25) is 0 Å². The number of fused-ring (bicyclic) bond motifs is 1. The Labute approximate surface area is 77.8 Å². The highest BCUT2D eigenvalue weighted by molar-refractivity contribution is 5.65. The van der Waals surface area contributed by atoms with Crippen LogP contribution < -0.4 is 9.47 Å². The van der Waals surface area contributed by atoms with Crippen LogP contribution in [0, 0.1) is 0 Å². The highest BCUT2D eigenvalue weighted by atomic mass is 16.5. The molecular formula is C11H12O2. The summed E-state index contributed by atoms with van der Waals surface area (Å²) in [5.74, 6) is 1.66. The first-order chi connectivity index (χ1) is 6.31. The third kappa shape index (κ3) is 1.39. The maximum Gasteiger partial charge on any atom is 0.168 e. The Morgan fingerprint density at radius 2 is 2.23 bits per heavy atom. The third-order valence-corrected chi connectivity index (χ3v) is 2.08. The van der Waals surface area contributed by atoms with Gasteiger partial charge in [0.05, 0.1) is 7.11 Å². The van der Waals surface area contributed by atoms with Gasteiger partial charge in [0.25, 0.3) is 0 Å². The van der Waals surface area contributed by atoms with Crippen molar-refractivity contribution in [3.8, 4) is 11.5 Å². The van der Waals surface area contributed by atoms with E-state index in [0.29, 0.717) is 6.61 Å². The predicted octanol–water partition coefficient (Wildman–Crippen LogP) is 2.49. The molecule has 1 aliphatic heterocycles. The first-order valence-electron chi connectivity index (χ1n) is 4.28. The number of methoxy groups -OCH3 is 1. The normalized spacial score (nSPS) is 14.2. The number of rotatable bonds is 1. The maximum absolute atomic E-state index is 5.56. The summed E-state index contributed by atoms with van der Waals surface area (Å²) in [5.41, 5.74) is 2.34. The first kappa shape index (κ1) is 8.17. The molecule has 0 unspecified atom stereocenters. The van der Waals surface area contributed by atoms with Crippen LogP contribution in [-0.2, 0) is 0 Å². The molecule has 1 aromatic carbocycles. The Morgan fingerprint density at radius 3 is 3.00 bits per heavy atom. The van der Waals surface area contributed by atoms with E-state index in [-0.39, 0.29) is 0 Å². The van der Waals surface area contributed by atoms with Crippen molar-refractivity contribution >= 4 is 6.08 Å². The Balaban J connectivity index is 2.52. The summed E-state index contributed by atoms with van der Waals surface area (Å²) in [5, 5.41) is 0. The van der Waals surface area contributed by atoms with Gasteiger partial charge < -0.3 is 9.47 Å². The summed E-state index contributed by atoms with van der Waals surface area (Å²) in [6.45, 7) is 2.72. The Bertz CT molecular complexity index is 353. The van der Waals surface area contributed by atoms with Gasteiger partial charge in [-0.1, -0.05) is 12.1 Å². The van der Waals surface area contributed by atoms with Gasteiger partial charge in [0, 0.05) is 5.56 Å². The minimum absolute atomic E-state index is 0.660. The molecule has 1 aromatic rings. The molecule has 0 atom stereocenters. The molecule has 2 heteroatoms. The van der Waals surface area contributed by atoms with E-state index in [1.165, 1.54) is 5.57 Å². The highest BCUT2D eigenvalue weighted by Gasteiger charge is 2.12. The van der Waals surface area contributed by atoms with Gasteiger partial charge in [-0.2, -0.15) is 0 Å². The molecule has 0 spiro atoms. The zero-order valence-corrected chi connectivity index (χ0v) is 7.83. The summed E-state index contributed by atoms with van der Waals surface area (Å²) < 4.78 is 10.8. The summed E-state index contributed by atoms with van der Waals surface area (Å²) in [7, 11) is 1.66.